The number of aryl methyl sites for hydroxylation is 1. The van der Waals surface area contributed by atoms with Crippen molar-refractivity contribution in [3.05, 3.63) is 64.7 Å². The average Bonchev–Trinajstić information content (AvgIpc) is 2.79. The second kappa shape index (κ2) is 11.0. The summed E-state index contributed by atoms with van der Waals surface area (Å²) in [5, 5.41) is 9.18. The second-order valence-electron chi connectivity index (χ2n) is 8.31. The second-order valence-corrected chi connectivity index (χ2v) is 8.31. The van der Waals surface area contributed by atoms with E-state index in [0.29, 0.717) is 44.9 Å². The maximum atomic E-state index is 13.3. The van der Waals surface area contributed by atoms with E-state index in [9.17, 15) is 31.4 Å². The van der Waals surface area contributed by atoms with E-state index in [2.05, 4.69) is 9.80 Å². The maximum Gasteiger partial charge on any atom is 0.416 e. The Bertz CT molecular complexity index is 908. The lowest BCUT2D eigenvalue weighted by Gasteiger charge is -2.39. The van der Waals surface area contributed by atoms with Crippen LogP contribution in [-0.2, 0) is 18.8 Å². The van der Waals surface area contributed by atoms with Crippen molar-refractivity contribution in [3.63, 3.8) is 0 Å². The maximum absolute atomic E-state index is 13.3. The first-order valence-corrected chi connectivity index (χ1v) is 11.0. The molecule has 4 nitrogen and oxygen atoms in total. The molecule has 2 aromatic carbocycles. The van der Waals surface area contributed by atoms with Gasteiger partial charge >= 0.3 is 12.4 Å². The fourth-order valence-electron chi connectivity index (χ4n) is 4.38. The third-order valence-corrected chi connectivity index (χ3v) is 6.12. The molecule has 0 aliphatic carbocycles. The lowest BCUT2D eigenvalue weighted by Crippen LogP contribution is -2.48. The molecule has 188 valence electrons. The van der Waals surface area contributed by atoms with Gasteiger partial charge in [-0.1, -0.05) is 18.2 Å². The van der Waals surface area contributed by atoms with Crippen molar-refractivity contribution in [3.8, 4) is 5.75 Å². The van der Waals surface area contributed by atoms with Crippen molar-refractivity contribution in [2.24, 2.45) is 0 Å². The fourth-order valence-corrected chi connectivity index (χ4v) is 4.38. The first-order chi connectivity index (χ1) is 16.0. The third-order valence-electron chi connectivity index (χ3n) is 6.12. The van der Waals surface area contributed by atoms with Crippen LogP contribution >= 0.6 is 0 Å². The van der Waals surface area contributed by atoms with Gasteiger partial charge < -0.3 is 9.84 Å². The molecule has 0 aromatic heterocycles. The highest BCUT2D eigenvalue weighted by Gasteiger charge is 2.37. The number of rotatable bonds is 8. The van der Waals surface area contributed by atoms with Crippen molar-refractivity contribution < 1.29 is 36.2 Å². The van der Waals surface area contributed by atoms with Gasteiger partial charge in [-0.05, 0) is 42.7 Å². The number of para-hydroxylation sites is 1. The normalized spacial score (nSPS) is 17.1. The number of aliphatic hydroxyl groups is 1. The monoisotopic (exact) mass is 490 g/mol. The Hall–Kier alpha value is -2.30. The molecule has 1 atom stereocenters. The van der Waals surface area contributed by atoms with Crippen molar-refractivity contribution in [2.75, 3.05) is 46.4 Å². The summed E-state index contributed by atoms with van der Waals surface area (Å²) in [4.78, 5) is 4.28. The van der Waals surface area contributed by atoms with Crippen LogP contribution in [0.3, 0.4) is 0 Å². The predicted molar refractivity (Wildman–Crippen MR) is 116 cm³/mol. The molecule has 1 aliphatic rings. The van der Waals surface area contributed by atoms with Crippen molar-refractivity contribution in [1.29, 1.82) is 0 Å². The quantitative estimate of drug-likeness (QED) is 0.528. The highest BCUT2D eigenvalue weighted by molar-refractivity contribution is 5.37. The van der Waals surface area contributed by atoms with Crippen LogP contribution in [0.1, 0.15) is 34.7 Å². The summed E-state index contributed by atoms with van der Waals surface area (Å²) in [6.07, 6.45) is -9.40. The van der Waals surface area contributed by atoms with Gasteiger partial charge in [0.15, 0.2) is 0 Å². The first kappa shape index (κ1) is 26.3. The Morgan fingerprint density at radius 2 is 1.50 bits per heavy atom. The molecule has 2 aromatic rings. The van der Waals surface area contributed by atoms with Crippen LogP contribution in [0, 0.1) is 0 Å². The number of benzene rings is 2. The molecule has 0 bridgehead atoms. The van der Waals surface area contributed by atoms with Crippen LogP contribution < -0.4 is 4.74 Å². The van der Waals surface area contributed by atoms with Crippen LogP contribution in [0.15, 0.2) is 42.5 Å². The zero-order chi connectivity index (χ0) is 24.9. The SMILES string of the molecule is COc1ccccc1C(CCc1cc(C(F)(F)F)cc(C(F)(F)F)c1)N1CCN(CCO)CC1. The summed E-state index contributed by atoms with van der Waals surface area (Å²) in [6, 6.07) is 8.80. The molecule has 3 rings (SSSR count). The number of nitrogens with zero attached hydrogens (tertiary/aromatic N) is 2. The number of hydrogen-bond acceptors (Lipinski definition) is 4. The van der Waals surface area contributed by atoms with Crippen LogP contribution in [0.5, 0.6) is 5.75 Å². The van der Waals surface area contributed by atoms with Crippen LogP contribution in [0.4, 0.5) is 26.3 Å². The van der Waals surface area contributed by atoms with Crippen LogP contribution in [0.2, 0.25) is 0 Å². The Labute approximate surface area is 194 Å². The van der Waals surface area contributed by atoms with E-state index in [1.54, 1.807) is 12.1 Å². The zero-order valence-electron chi connectivity index (χ0n) is 18.8. The van der Waals surface area contributed by atoms with Crippen LogP contribution in [0.25, 0.3) is 0 Å². The zero-order valence-corrected chi connectivity index (χ0v) is 18.8. The summed E-state index contributed by atoms with van der Waals surface area (Å²) < 4.78 is 85.1. The Kier molecular flexibility index (Phi) is 8.48. The summed E-state index contributed by atoms with van der Waals surface area (Å²) in [5.41, 5.74) is -1.78. The smallest absolute Gasteiger partial charge is 0.416 e. The predicted octanol–water partition coefficient (Wildman–Crippen LogP) is 5.02. The molecule has 0 saturated carbocycles. The molecule has 1 unspecified atom stereocenters. The van der Waals surface area contributed by atoms with Crippen molar-refractivity contribution in [2.45, 2.75) is 31.2 Å². The molecular formula is C24H28F6N2O2. The van der Waals surface area contributed by atoms with Crippen molar-refractivity contribution >= 4 is 0 Å². The van der Waals surface area contributed by atoms with Gasteiger partial charge in [0, 0.05) is 44.3 Å². The summed E-state index contributed by atoms with van der Waals surface area (Å²) in [5.74, 6) is 0.616. The lowest BCUT2D eigenvalue weighted by molar-refractivity contribution is -0.143. The topological polar surface area (TPSA) is 35.9 Å². The number of methoxy groups -OCH3 is 1. The molecule has 1 aliphatic heterocycles. The van der Waals surface area contributed by atoms with Gasteiger partial charge in [-0.15, -0.1) is 0 Å². The molecule has 0 spiro atoms. The van der Waals surface area contributed by atoms with E-state index in [1.807, 2.05) is 12.1 Å². The molecule has 1 N–H and O–H groups in total. The fraction of sp³-hybridized carbons (Fsp3) is 0.500. The van der Waals surface area contributed by atoms with Crippen molar-refractivity contribution in [1.82, 2.24) is 9.80 Å². The first-order valence-electron chi connectivity index (χ1n) is 11.0. The van der Waals surface area contributed by atoms with E-state index in [4.69, 9.17) is 4.74 Å². The Balaban J connectivity index is 1.89. The molecule has 34 heavy (non-hydrogen) atoms. The summed E-state index contributed by atoms with van der Waals surface area (Å²) in [7, 11) is 1.53. The minimum Gasteiger partial charge on any atom is -0.496 e. The molecule has 1 fully saturated rings. The number of halogens is 6. The Morgan fingerprint density at radius 3 is 2.03 bits per heavy atom. The Morgan fingerprint density at radius 1 is 0.912 bits per heavy atom. The van der Waals surface area contributed by atoms with E-state index < -0.39 is 23.5 Å². The van der Waals surface area contributed by atoms with E-state index >= 15 is 0 Å². The number of ether oxygens (including phenoxy) is 1. The van der Waals surface area contributed by atoms with E-state index in [1.165, 1.54) is 7.11 Å². The van der Waals surface area contributed by atoms with Gasteiger partial charge in [0.2, 0.25) is 0 Å². The highest BCUT2D eigenvalue weighted by Crippen LogP contribution is 2.38. The van der Waals surface area contributed by atoms with Gasteiger partial charge in [0.1, 0.15) is 5.75 Å². The van der Waals surface area contributed by atoms with Gasteiger partial charge in [-0.3, -0.25) is 9.80 Å². The number of hydrogen-bond donors (Lipinski definition) is 1. The lowest BCUT2D eigenvalue weighted by atomic mass is 9.94. The molecule has 10 heteroatoms. The third kappa shape index (κ3) is 6.64. The number of aliphatic hydroxyl groups excluding tert-OH is 1. The largest absolute Gasteiger partial charge is 0.496 e. The summed E-state index contributed by atoms with van der Waals surface area (Å²) >= 11 is 0. The van der Waals surface area contributed by atoms with Crippen LogP contribution in [-0.4, -0.2) is 61.3 Å². The molecule has 1 saturated heterocycles. The highest BCUT2D eigenvalue weighted by atomic mass is 19.4. The van der Waals surface area contributed by atoms with Gasteiger partial charge in [0.25, 0.3) is 0 Å². The number of β-amino-alcohol motifs (C(OH)–C–C–N with tert-alkyl or cyclic N) is 1. The standard InChI is InChI=1S/C24H28F6N2O2/c1-34-22-5-3-2-4-20(22)21(32-10-8-31(9-11-32)12-13-33)7-6-17-14-18(23(25,26)27)16-19(15-17)24(28,29)30/h2-5,14-16,21,33H,6-13H2,1H3. The molecular weight excluding hydrogens is 462 g/mol. The molecule has 0 radical (unpaired) electrons. The molecule has 1 heterocycles. The van der Waals surface area contributed by atoms with Gasteiger partial charge in [-0.2, -0.15) is 26.3 Å². The minimum absolute atomic E-state index is 0.0130. The average molecular weight is 490 g/mol. The summed E-state index contributed by atoms with van der Waals surface area (Å²) in [6.45, 7) is 3.31. The van der Waals surface area contributed by atoms with E-state index in [-0.39, 0.29) is 30.7 Å². The molecule has 0 amide bonds. The van der Waals surface area contributed by atoms with Gasteiger partial charge in [0.05, 0.1) is 24.8 Å². The van der Waals surface area contributed by atoms with E-state index in [0.717, 1.165) is 17.7 Å². The number of alkyl halides is 6. The number of piperazine rings is 1. The van der Waals surface area contributed by atoms with Gasteiger partial charge in [-0.25, -0.2) is 0 Å². The minimum atomic E-state index is -4.87.